The number of benzene rings is 2. The van der Waals surface area contributed by atoms with E-state index in [1.807, 2.05) is 29.2 Å². The molecule has 0 atom stereocenters. The molecule has 7 heteroatoms. The van der Waals surface area contributed by atoms with Crippen molar-refractivity contribution in [3.8, 4) is 0 Å². The third kappa shape index (κ3) is 4.27. The van der Waals surface area contributed by atoms with Gasteiger partial charge < -0.3 is 19.5 Å². The van der Waals surface area contributed by atoms with Crippen LogP contribution in [0.5, 0.6) is 0 Å². The molecule has 29 heavy (non-hydrogen) atoms. The summed E-state index contributed by atoms with van der Waals surface area (Å²) >= 11 is 5.91. The number of furan rings is 1. The van der Waals surface area contributed by atoms with Gasteiger partial charge in [-0.2, -0.15) is 0 Å². The maximum Gasteiger partial charge on any atom is 0.291 e. The molecule has 6 nitrogen and oxygen atoms in total. The Balaban J connectivity index is 1.43. The van der Waals surface area contributed by atoms with Crippen LogP contribution in [-0.4, -0.2) is 42.9 Å². The molecule has 2 amide bonds. The van der Waals surface area contributed by atoms with Crippen LogP contribution in [0.1, 0.15) is 20.9 Å². The van der Waals surface area contributed by atoms with Crippen LogP contribution in [0.2, 0.25) is 5.02 Å². The lowest BCUT2D eigenvalue weighted by Crippen LogP contribution is -2.49. The minimum Gasteiger partial charge on any atom is -0.459 e. The van der Waals surface area contributed by atoms with E-state index in [1.165, 1.54) is 6.26 Å². The molecule has 2 aromatic carbocycles. The summed E-state index contributed by atoms with van der Waals surface area (Å²) in [5, 5.41) is 3.52. The normalized spacial score (nSPS) is 14.0. The average molecular weight is 410 g/mol. The Morgan fingerprint density at radius 2 is 1.62 bits per heavy atom. The van der Waals surface area contributed by atoms with E-state index in [4.69, 9.17) is 16.0 Å². The number of halogens is 1. The van der Waals surface area contributed by atoms with E-state index in [1.54, 1.807) is 36.4 Å². The molecule has 1 N–H and O–H groups in total. The Morgan fingerprint density at radius 3 is 2.31 bits per heavy atom. The minimum atomic E-state index is -0.293. The predicted molar refractivity (Wildman–Crippen MR) is 113 cm³/mol. The fraction of sp³-hybridized carbons (Fsp3) is 0.182. The molecule has 0 spiro atoms. The van der Waals surface area contributed by atoms with Crippen molar-refractivity contribution in [2.45, 2.75) is 0 Å². The molecule has 1 saturated heterocycles. The number of hydrogen-bond donors (Lipinski definition) is 1. The first-order valence-corrected chi connectivity index (χ1v) is 9.73. The van der Waals surface area contributed by atoms with Gasteiger partial charge in [-0.1, -0.05) is 23.7 Å². The number of hydrogen-bond acceptors (Lipinski definition) is 4. The van der Waals surface area contributed by atoms with Gasteiger partial charge in [0.05, 0.1) is 17.6 Å². The molecular formula is C22H20ClN3O3. The molecule has 0 saturated carbocycles. The zero-order valence-corrected chi connectivity index (χ0v) is 16.4. The summed E-state index contributed by atoms with van der Waals surface area (Å²) in [6, 6.07) is 17.9. The van der Waals surface area contributed by atoms with E-state index < -0.39 is 0 Å². The monoisotopic (exact) mass is 409 g/mol. The number of nitrogens with one attached hydrogen (secondary N) is 1. The second kappa shape index (κ2) is 8.41. The Morgan fingerprint density at radius 1 is 0.897 bits per heavy atom. The third-order valence-corrected chi connectivity index (χ3v) is 5.15. The second-order valence-electron chi connectivity index (χ2n) is 6.73. The molecule has 1 fully saturated rings. The molecule has 0 radical (unpaired) electrons. The van der Waals surface area contributed by atoms with Crippen LogP contribution in [0.15, 0.2) is 71.3 Å². The molecule has 0 unspecified atom stereocenters. The number of para-hydroxylation sites is 2. The molecular weight excluding hydrogens is 390 g/mol. The van der Waals surface area contributed by atoms with E-state index in [0.29, 0.717) is 42.5 Å². The third-order valence-electron chi connectivity index (χ3n) is 4.90. The van der Waals surface area contributed by atoms with Crippen molar-refractivity contribution in [1.82, 2.24) is 4.90 Å². The maximum atomic E-state index is 12.7. The van der Waals surface area contributed by atoms with E-state index in [-0.39, 0.29) is 17.6 Å². The zero-order valence-electron chi connectivity index (χ0n) is 15.7. The molecule has 0 aliphatic carbocycles. The molecule has 4 rings (SSSR count). The Hall–Kier alpha value is -3.25. The van der Waals surface area contributed by atoms with Crippen molar-refractivity contribution in [3.05, 3.63) is 83.3 Å². The lowest BCUT2D eigenvalue weighted by atomic mass is 10.1. The zero-order chi connectivity index (χ0) is 20.2. The van der Waals surface area contributed by atoms with Crippen molar-refractivity contribution in [2.24, 2.45) is 0 Å². The van der Waals surface area contributed by atoms with Gasteiger partial charge in [-0.05, 0) is 48.5 Å². The lowest BCUT2D eigenvalue weighted by Gasteiger charge is -2.37. The smallest absolute Gasteiger partial charge is 0.291 e. The van der Waals surface area contributed by atoms with Gasteiger partial charge in [0.1, 0.15) is 0 Å². The van der Waals surface area contributed by atoms with Crippen molar-refractivity contribution >= 4 is 34.8 Å². The van der Waals surface area contributed by atoms with Crippen molar-refractivity contribution in [2.75, 3.05) is 36.4 Å². The van der Waals surface area contributed by atoms with Crippen LogP contribution in [0.3, 0.4) is 0 Å². The van der Waals surface area contributed by atoms with Crippen molar-refractivity contribution < 1.29 is 14.0 Å². The van der Waals surface area contributed by atoms with E-state index in [2.05, 4.69) is 10.2 Å². The first-order chi connectivity index (χ1) is 14.1. The van der Waals surface area contributed by atoms with Crippen LogP contribution in [0, 0.1) is 0 Å². The van der Waals surface area contributed by atoms with Gasteiger partial charge in [0.2, 0.25) is 0 Å². The molecule has 1 aliphatic rings. The van der Waals surface area contributed by atoms with Crippen LogP contribution in [0.25, 0.3) is 0 Å². The fourth-order valence-electron chi connectivity index (χ4n) is 3.37. The van der Waals surface area contributed by atoms with Gasteiger partial charge in [-0.3, -0.25) is 9.59 Å². The van der Waals surface area contributed by atoms with Gasteiger partial charge >= 0.3 is 0 Å². The van der Waals surface area contributed by atoms with Gasteiger partial charge in [0, 0.05) is 36.8 Å². The van der Waals surface area contributed by atoms with Gasteiger partial charge in [0.15, 0.2) is 5.76 Å². The Bertz CT molecular complexity index is 994. The first kappa shape index (κ1) is 19.1. The van der Waals surface area contributed by atoms with Crippen LogP contribution in [0.4, 0.5) is 11.4 Å². The van der Waals surface area contributed by atoms with Crippen molar-refractivity contribution in [1.29, 1.82) is 0 Å². The van der Waals surface area contributed by atoms with Crippen molar-refractivity contribution in [3.63, 3.8) is 0 Å². The number of anilines is 2. The summed E-state index contributed by atoms with van der Waals surface area (Å²) < 4.78 is 5.16. The number of rotatable bonds is 4. The van der Waals surface area contributed by atoms with E-state index in [9.17, 15) is 9.59 Å². The summed E-state index contributed by atoms with van der Waals surface area (Å²) in [6.07, 6.45) is 1.47. The highest BCUT2D eigenvalue weighted by Gasteiger charge is 2.24. The second-order valence-corrected chi connectivity index (χ2v) is 7.17. The molecule has 1 aliphatic heterocycles. The number of carbonyl (C=O) groups is 2. The summed E-state index contributed by atoms with van der Waals surface area (Å²) in [5.74, 6) is -0.0297. The number of piperazine rings is 1. The molecule has 148 valence electrons. The van der Waals surface area contributed by atoms with E-state index >= 15 is 0 Å². The summed E-state index contributed by atoms with van der Waals surface area (Å²) in [4.78, 5) is 29.0. The SMILES string of the molecule is O=C(Nc1ccccc1N1CCN(C(=O)c2ccc(Cl)cc2)CC1)c1ccco1. The number of carbonyl (C=O) groups excluding carboxylic acids is 2. The predicted octanol–water partition coefficient (Wildman–Crippen LogP) is 4.15. The van der Waals surface area contributed by atoms with E-state index in [0.717, 1.165) is 5.69 Å². The molecule has 3 aromatic rings. The standard InChI is InChI=1S/C22H20ClN3O3/c23-17-9-7-16(8-10-17)22(28)26-13-11-25(12-14-26)19-5-2-1-4-18(19)24-21(27)20-6-3-15-29-20/h1-10,15H,11-14H2,(H,24,27). The van der Waals surface area contributed by atoms with Gasteiger partial charge in [0.25, 0.3) is 11.8 Å². The highest BCUT2D eigenvalue weighted by Crippen LogP contribution is 2.27. The van der Waals surface area contributed by atoms with Crippen LogP contribution in [-0.2, 0) is 0 Å². The Kier molecular flexibility index (Phi) is 5.53. The van der Waals surface area contributed by atoms with Crippen LogP contribution >= 0.6 is 11.6 Å². The number of nitrogens with zero attached hydrogens (tertiary/aromatic N) is 2. The molecule has 2 heterocycles. The quantitative estimate of drug-likeness (QED) is 0.703. The fourth-order valence-corrected chi connectivity index (χ4v) is 3.50. The lowest BCUT2D eigenvalue weighted by molar-refractivity contribution is 0.0746. The van der Waals surface area contributed by atoms with Gasteiger partial charge in [-0.15, -0.1) is 0 Å². The molecule has 1 aromatic heterocycles. The van der Waals surface area contributed by atoms with Gasteiger partial charge in [-0.25, -0.2) is 0 Å². The topological polar surface area (TPSA) is 65.8 Å². The number of amides is 2. The summed E-state index contributed by atoms with van der Waals surface area (Å²) in [7, 11) is 0. The highest BCUT2D eigenvalue weighted by molar-refractivity contribution is 6.30. The van der Waals surface area contributed by atoms with Crippen LogP contribution < -0.4 is 10.2 Å². The highest BCUT2D eigenvalue weighted by atomic mass is 35.5. The minimum absolute atomic E-state index is 0.000670. The maximum absolute atomic E-state index is 12.7. The molecule has 0 bridgehead atoms. The summed E-state index contributed by atoms with van der Waals surface area (Å²) in [6.45, 7) is 2.55. The first-order valence-electron chi connectivity index (χ1n) is 9.35. The summed E-state index contributed by atoms with van der Waals surface area (Å²) in [5.41, 5.74) is 2.27. The Labute approximate surface area is 173 Å². The average Bonchev–Trinajstić information content (AvgIpc) is 3.30. The largest absolute Gasteiger partial charge is 0.459 e.